The summed E-state index contributed by atoms with van der Waals surface area (Å²) < 4.78 is 9.82. The van der Waals surface area contributed by atoms with Gasteiger partial charge >= 0.3 is 6.16 Å². The molecule has 1 aromatic carbocycles. The van der Waals surface area contributed by atoms with Crippen LogP contribution >= 0.6 is 11.6 Å². The Hall–Kier alpha value is -2.45. The number of hydrogen-bond donors (Lipinski definition) is 1. The number of methoxy groups -OCH3 is 1. The van der Waals surface area contributed by atoms with Crippen molar-refractivity contribution in [2.45, 2.75) is 19.8 Å². The molecule has 1 N–H and O–H groups in total. The maximum Gasteiger partial charge on any atom is 0.513 e. The maximum absolute atomic E-state index is 11.5. The number of allylic oxidation sites excluding steroid dienone is 3. The summed E-state index contributed by atoms with van der Waals surface area (Å²) in [5.74, 6) is -0.249. The smallest absolute Gasteiger partial charge is 0.437 e. The Morgan fingerprint density at radius 3 is 2.59 bits per heavy atom. The number of nitrogens with zero attached hydrogens (tertiary/aromatic N) is 1. The Kier molecular flexibility index (Phi) is 4.74. The lowest BCUT2D eigenvalue weighted by molar-refractivity contribution is 0.0922. The van der Waals surface area contributed by atoms with Crippen molar-refractivity contribution in [1.82, 2.24) is 5.32 Å². The van der Waals surface area contributed by atoms with E-state index in [-0.39, 0.29) is 0 Å². The number of rotatable bonds is 2. The molecule has 2 rings (SSSR count). The molecule has 0 saturated carbocycles. The molecule has 1 unspecified atom stereocenters. The highest BCUT2D eigenvalue weighted by Crippen LogP contribution is 2.40. The van der Waals surface area contributed by atoms with E-state index in [9.17, 15) is 10.1 Å². The molecule has 22 heavy (non-hydrogen) atoms. The molecule has 0 saturated heterocycles. The van der Waals surface area contributed by atoms with Crippen LogP contribution in [0.3, 0.4) is 0 Å². The molecule has 1 heterocycles. The number of ether oxygens (including phenoxy) is 2. The number of dihydropyridines is 1. The quantitative estimate of drug-likeness (QED) is 0.839. The Labute approximate surface area is 133 Å². The number of carbonyl (C=O) groups excluding carboxylic acids is 1. The van der Waals surface area contributed by atoms with Crippen molar-refractivity contribution >= 4 is 17.8 Å². The average molecular weight is 319 g/mol. The Balaban J connectivity index is 2.59. The molecule has 1 atom stereocenters. The van der Waals surface area contributed by atoms with Crippen molar-refractivity contribution < 1.29 is 14.3 Å². The van der Waals surface area contributed by atoms with Crippen molar-refractivity contribution in [2.24, 2.45) is 0 Å². The second kappa shape index (κ2) is 6.54. The van der Waals surface area contributed by atoms with E-state index in [4.69, 9.17) is 16.3 Å². The molecule has 5 nitrogen and oxygen atoms in total. The first-order chi connectivity index (χ1) is 10.5. The lowest BCUT2D eigenvalue weighted by Crippen LogP contribution is -2.26. The van der Waals surface area contributed by atoms with Crippen LogP contribution in [0.5, 0.6) is 0 Å². The van der Waals surface area contributed by atoms with E-state index in [0.29, 0.717) is 33.3 Å². The number of carbonyl (C=O) groups is 1. The largest absolute Gasteiger partial charge is 0.513 e. The molecule has 1 aliphatic heterocycles. The Morgan fingerprint density at radius 1 is 1.32 bits per heavy atom. The fraction of sp³-hybridized carbons (Fsp3) is 0.250. The van der Waals surface area contributed by atoms with Gasteiger partial charge in [0.25, 0.3) is 0 Å². The molecule has 0 bridgehead atoms. The molecule has 0 aromatic heterocycles. The van der Waals surface area contributed by atoms with E-state index in [1.165, 1.54) is 7.11 Å². The first kappa shape index (κ1) is 15.9. The standard InChI is InChI=1S/C16H15ClN2O3/c1-9-12(8-18)14(11-6-4-5-7-13(11)17)15(10(2)19-9)22-16(20)21-3/h4-7,14,19H,1-3H3. The zero-order chi connectivity index (χ0) is 16.3. The summed E-state index contributed by atoms with van der Waals surface area (Å²) in [5.41, 5.74) is 2.46. The minimum atomic E-state index is -0.843. The van der Waals surface area contributed by atoms with Crippen LogP contribution in [0.25, 0.3) is 0 Å². The number of nitriles is 1. The van der Waals surface area contributed by atoms with Crippen molar-refractivity contribution in [3.8, 4) is 6.07 Å². The summed E-state index contributed by atoms with van der Waals surface area (Å²) >= 11 is 6.26. The van der Waals surface area contributed by atoms with Gasteiger partial charge in [-0.15, -0.1) is 0 Å². The highest BCUT2D eigenvalue weighted by molar-refractivity contribution is 6.31. The van der Waals surface area contributed by atoms with Gasteiger partial charge in [-0.2, -0.15) is 5.26 Å². The van der Waals surface area contributed by atoms with Gasteiger partial charge in [-0.3, -0.25) is 0 Å². The molecule has 0 fully saturated rings. The molecule has 0 amide bonds. The van der Waals surface area contributed by atoms with Gasteiger partial charge in [-0.1, -0.05) is 29.8 Å². The van der Waals surface area contributed by atoms with E-state index in [0.717, 1.165) is 0 Å². The molecule has 6 heteroatoms. The number of nitrogens with one attached hydrogen (secondary N) is 1. The topological polar surface area (TPSA) is 71.3 Å². The van der Waals surface area contributed by atoms with Crippen LogP contribution in [0.2, 0.25) is 5.02 Å². The Morgan fingerprint density at radius 2 is 2.00 bits per heavy atom. The molecule has 114 valence electrons. The number of hydrogen-bond acceptors (Lipinski definition) is 5. The SMILES string of the molecule is COC(=O)OC1=C(C)NC(C)=C(C#N)C1c1ccccc1Cl. The normalized spacial score (nSPS) is 17.7. The first-order valence-electron chi connectivity index (χ1n) is 6.58. The summed E-state index contributed by atoms with van der Waals surface area (Å²) in [4.78, 5) is 11.5. The monoisotopic (exact) mass is 318 g/mol. The van der Waals surface area contributed by atoms with Gasteiger partial charge < -0.3 is 14.8 Å². The molecular weight excluding hydrogens is 304 g/mol. The number of benzene rings is 1. The van der Waals surface area contributed by atoms with Crippen LogP contribution in [-0.2, 0) is 9.47 Å². The molecule has 1 aromatic rings. The lowest BCUT2D eigenvalue weighted by Gasteiger charge is -2.28. The van der Waals surface area contributed by atoms with Crippen LogP contribution in [0.4, 0.5) is 4.79 Å². The molecule has 0 aliphatic carbocycles. The van der Waals surface area contributed by atoms with Crippen LogP contribution in [0, 0.1) is 11.3 Å². The van der Waals surface area contributed by atoms with E-state index < -0.39 is 12.1 Å². The van der Waals surface area contributed by atoms with Gasteiger partial charge in [0.2, 0.25) is 0 Å². The predicted molar refractivity (Wildman–Crippen MR) is 81.8 cm³/mol. The first-order valence-corrected chi connectivity index (χ1v) is 6.96. The summed E-state index contributed by atoms with van der Waals surface area (Å²) in [6.07, 6.45) is -0.843. The average Bonchev–Trinajstić information content (AvgIpc) is 2.50. The second-order valence-corrected chi connectivity index (χ2v) is 5.18. The van der Waals surface area contributed by atoms with Crippen molar-refractivity contribution in [3.05, 3.63) is 57.6 Å². The third-order valence-corrected chi connectivity index (χ3v) is 3.74. The summed E-state index contributed by atoms with van der Waals surface area (Å²) in [5, 5.41) is 13.0. The van der Waals surface area contributed by atoms with E-state index in [2.05, 4.69) is 16.1 Å². The van der Waals surface area contributed by atoms with Gasteiger partial charge in [0.1, 0.15) is 5.76 Å². The maximum atomic E-state index is 11.5. The van der Waals surface area contributed by atoms with Crippen LogP contribution in [0.1, 0.15) is 25.3 Å². The zero-order valence-electron chi connectivity index (χ0n) is 12.4. The highest BCUT2D eigenvalue weighted by Gasteiger charge is 2.33. The van der Waals surface area contributed by atoms with Crippen LogP contribution < -0.4 is 5.32 Å². The fourth-order valence-electron chi connectivity index (χ4n) is 2.40. The van der Waals surface area contributed by atoms with Gasteiger partial charge in [0, 0.05) is 10.7 Å². The third-order valence-electron chi connectivity index (χ3n) is 3.40. The van der Waals surface area contributed by atoms with E-state index >= 15 is 0 Å². The Bertz CT molecular complexity index is 716. The molecular formula is C16H15ClN2O3. The van der Waals surface area contributed by atoms with Crippen molar-refractivity contribution in [1.29, 1.82) is 5.26 Å². The highest BCUT2D eigenvalue weighted by atomic mass is 35.5. The van der Waals surface area contributed by atoms with E-state index in [1.54, 1.807) is 32.0 Å². The lowest BCUT2D eigenvalue weighted by atomic mass is 9.86. The zero-order valence-corrected chi connectivity index (χ0v) is 13.2. The summed E-state index contributed by atoms with van der Waals surface area (Å²) in [6.45, 7) is 3.56. The summed E-state index contributed by atoms with van der Waals surface area (Å²) in [6, 6.07) is 9.31. The van der Waals surface area contributed by atoms with Crippen molar-refractivity contribution in [2.75, 3.05) is 7.11 Å². The second-order valence-electron chi connectivity index (χ2n) is 4.78. The third kappa shape index (κ3) is 2.92. The molecule has 1 aliphatic rings. The van der Waals surface area contributed by atoms with Gasteiger partial charge in [0.05, 0.1) is 30.4 Å². The minimum absolute atomic E-state index is 0.308. The summed E-state index contributed by atoms with van der Waals surface area (Å²) in [7, 11) is 1.23. The van der Waals surface area contributed by atoms with Gasteiger partial charge in [0.15, 0.2) is 0 Å². The minimum Gasteiger partial charge on any atom is -0.437 e. The van der Waals surface area contributed by atoms with Crippen LogP contribution in [0.15, 0.2) is 47.0 Å². The van der Waals surface area contributed by atoms with E-state index in [1.807, 2.05) is 6.07 Å². The number of halogens is 1. The molecule has 0 radical (unpaired) electrons. The molecule has 0 spiro atoms. The van der Waals surface area contributed by atoms with Gasteiger partial charge in [-0.25, -0.2) is 4.79 Å². The van der Waals surface area contributed by atoms with Gasteiger partial charge in [-0.05, 0) is 25.5 Å². The fourth-order valence-corrected chi connectivity index (χ4v) is 2.64. The van der Waals surface area contributed by atoms with Crippen molar-refractivity contribution in [3.63, 3.8) is 0 Å². The van der Waals surface area contributed by atoms with Crippen LogP contribution in [-0.4, -0.2) is 13.3 Å². The predicted octanol–water partition coefficient (Wildman–Crippen LogP) is 3.84.